The van der Waals surface area contributed by atoms with Crippen LogP contribution in [0, 0.1) is 18.3 Å². The van der Waals surface area contributed by atoms with Gasteiger partial charge in [0.25, 0.3) is 0 Å². The van der Waals surface area contributed by atoms with E-state index < -0.39 is 17.4 Å². The van der Waals surface area contributed by atoms with Crippen LogP contribution in [0.3, 0.4) is 0 Å². The number of nitrogens with zero attached hydrogens (tertiary/aromatic N) is 1. The second-order valence-corrected chi connectivity index (χ2v) is 8.43. The van der Waals surface area contributed by atoms with Crippen molar-refractivity contribution in [2.45, 2.75) is 36.6 Å². The van der Waals surface area contributed by atoms with E-state index in [9.17, 15) is 9.81 Å². The maximum absolute atomic E-state index is 12.9. The lowest BCUT2D eigenvalue weighted by atomic mass is 9.83. The lowest BCUT2D eigenvalue weighted by Gasteiger charge is -2.25. The molecule has 0 saturated carbocycles. The van der Waals surface area contributed by atoms with Crippen molar-refractivity contribution in [3.05, 3.63) is 101 Å². The van der Waals surface area contributed by atoms with E-state index in [1.54, 1.807) is 0 Å². The van der Waals surface area contributed by atoms with Gasteiger partial charge < -0.3 is 4.55 Å². The molecule has 3 aromatic rings. The smallest absolute Gasteiger partial charge is 0.173 e. The molecule has 0 spiro atoms. The summed E-state index contributed by atoms with van der Waals surface area (Å²) < 4.78 is 16.0. The van der Waals surface area contributed by atoms with E-state index in [0.717, 1.165) is 29.5 Å². The zero-order chi connectivity index (χ0) is 19.5. The van der Waals surface area contributed by atoms with Gasteiger partial charge in [-0.1, -0.05) is 66.2 Å². The van der Waals surface area contributed by atoms with E-state index in [0.29, 0.717) is 4.90 Å². The van der Waals surface area contributed by atoms with Gasteiger partial charge in [0.05, 0.1) is 17.4 Å². The number of hydrogen-bond donors (Lipinski definition) is 1. The molecule has 0 aliphatic heterocycles. The van der Waals surface area contributed by atoms with Crippen LogP contribution < -0.4 is 4.72 Å². The third-order valence-electron chi connectivity index (χ3n) is 5.39. The van der Waals surface area contributed by atoms with E-state index in [1.165, 1.54) is 11.1 Å². The molecular weight excluding hydrogens is 364 g/mol. The minimum atomic E-state index is -1.46. The Kier molecular flexibility index (Phi) is 5.50. The minimum absolute atomic E-state index is 0.158. The van der Waals surface area contributed by atoms with Gasteiger partial charge in [0.15, 0.2) is 10.9 Å². The van der Waals surface area contributed by atoms with Gasteiger partial charge in [-0.25, -0.2) is 0 Å². The minimum Gasteiger partial charge on any atom is -0.593 e. The average molecular weight is 387 g/mol. The number of rotatable bonds is 4. The first-order valence-electron chi connectivity index (χ1n) is 9.47. The first kappa shape index (κ1) is 18.8. The molecule has 4 rings (SSSR count). The lowest BCUT2D eigenvalue weighted by molar-refractivity contribution is 0.559. The van der Waals surface area contributed by atoms with Crippen LogP contribution in [-0.4, -0.2) is 10.6 Å². The van der Waals surface area contributed by atoms with Gasteiger partial charge in [-0.15, -0.1) is 4.72 Å². The molecule has 1 N–H and O–H groups in total. The van der Waals surface area contributed by atoms with Crippen molar-refractivity contribution in [3.8, 4) is 6.07 Å². The summed E-state index contributed by atoms with van der Waals surface area (Å²) in [6.45, 7) is 2.00. The van der Waals surface area contributed by atoms with E-state index in [1.807, 2.05) is 55.5 Å². The molecular formula is C24H22N2OS. The Labute approximate surface area is 169 Å². The molecule has 140 valence electrons. The molecule has 28 heavy (non-hydrogen) atoms. The maximum atomic E-state index is 12.9. The Hall–Kier alpha value is -2.58. The van der Waals surface area contributed by atoms with Crippen LogP contribution in [0.1, 0.15) is 33.7 Å². The third-order valence-corrected chi connectivity index (χ3v) is 6.55. The number of benzene rings is 3. The van der Waals surface area contributed by atoms with E-state index in [4.69, 9.17) is 0 Å². The summed E-state index contributed by atoms with van der Waals surface area (Å²) in [7, 11) is 0. The zero-order valence-corrected chi connectivity index (χ0v) is 16.6. The van der Waals surface area contributed by atoms with E-state index >= 15 is 0 Å². The SMILES string of the molecule is Cc1ccc([S@+]([O-])N[C@H](C#N)C2c3ccccc3CCc3ccccc32)cc1. The molecule has 0 fully saturated rings. The number of fused-ring (bicyclic) bond motifs is 2. The molecule has 1 aliphatic carbocycles. The molecule has 0 bridgehead atoms. The highest BCUT2D eigenvalue weighted by molar-refractivity contribution is 7.89. The molecule has 0 radical (unpaired) electrons. The quantitative estimate of drug-likeness (QED) is 0.675. The molecule has 2 atom stereocenters. The molecule has 0 amide bonds. The van der Waals surface area contributed by atoms with Crippen LogP contribution in [0.25, 0.3) is 0 Å². The molecule has 1 aliphatic rings. The third kappa shape index (κ3) is 3.70. The second-order valence-electron chi connectivity index (χ2n) is 7.18. The highest BCUT2D eigenvalue weighted by atomic mass is 32.2. The van der Waals surface area contributed by atoms with E-state index in [2.05, 4.69) is 35.1 Å². The fraction of sp³-hybridized carbons (Fsp3) is 0.208. The standard InChI is InChI=1S/C24H22N2OS/c1-17-10-14-20(15-11-17)28(27)26-23(16-25)24-21-8-4-2-6-18(21)12-13-19-7-3-5-9-22(19)24/h2-11,14-15,23-24,26H,12-13H2,1H3/t23-,28+/m1/s1. The van der Waals surface area contributed by atoms with Gasteiger partial charge in [-0.05, 0) is 54.2 Å². The molecule has 3 aromatic carbocycles. The molecule has 0 saturated heterocycles. The average Bonchev–Trinajstić information content (AvgIpc) is 2.89. The van der Waals surface area contributed by atoms with Crippen molar-refractivity contribution in [2.24, 2.45) is 0 Å². The predicted molar refractivity (Wildman–Crippen MR) is 112 cm³/mol. The van der Waals surface area contributed by atoms with Crippen LogP contribution in [0.2, 0.25) is 0 Å². The number of hydrogen-bond acceptors (Lipinski definition) is 3. The number of aryl methyl sites for hydroxylation is 3. The summed E-state index contributed by atoms with van der Waals surface area (Å²) in [4.78, 5) is 0.682. The molecule has 4 heteroatoms. The number of nitriles is 1. The molecule has 0 heterocycles. The van der Waals surface area contributed by atoms with Crippen LogP contribution in [-0.2, 0) is 24.2 Å². The highest BCUT2D eigenvalue weighted by Gasteiger charge is 2.33. The van der Waals surface area contributed by atoms with Gasteiger partial charge in [-0.2, -0.15) is 5.26 Å². The first-order chi connectivity index (χ1) is 13.7. The van der Waals surface area contributed by atoms with Crippen LogP contribution in [0.5, 0.6) is 0 Å². The van der Waals surface area contributed by atoms with Crippen molar-refractivity contribution < 1.29 is 4.55 Å². The fourth-order valence-electron chi connectivity index (χ4n) is 3.94. The predicted octanol–water partition coefficient (Wildman–Crippen LogP) is 4.43. The van der Waals surface area contributed by atoms with Gasteiger partial charge >= 0.3 is 0 Å². The topological polar surface area (TPSA) is 58.9 Å². The van der Waals surface area contributed by atoms with Gasteiger partial charge in [-0.3, -0.25) is 0 Å². The summed E-state index contributed by atoms with van der Waals surface area (Å²) in [5.74, 6) is -0.158. The van der Waals surface area contributed by atoms with Crippen molar-refractivity contribution in [2.75, 3.05) is 0 Å². The van der Waals surface area contributed by atoms with Crippen molar-refractivity contribution in [1.82, 2.24) is 4.72 Å². The Bertz CT molecular complexity index is 962. The number of nitrogens with one attached hydrogen (secondary N) is 1. The lowest BCUT2D eigenvalue weighted by Crippen LogP contribution is -2.39. The highest BCUT2D eigenvalue weighted by Crippen LogP contribution is 2.36. The summed E-state index contributed by atoms with van der Waals surface area (Å²) in [5, 5.41) is 10.0. The van der Waals surface area contributed by atoms with Gasteiger partial charge in [0.1, 0.15) is 0 Å². The zero-order valence-electron chi connectivity index (χ0n) is 15.8. The summed E-state index contributed by atoms with van der Waals surface area (Å²) in [6, 6.07) is 26.0. The Morgan fingerprint density at radius 3 is 2.00 bits per heavy atom. The van der Waals surface area contributed by atoms with Crippen molar-refractivity contribution >= 4 is 11.4 Å². The fourth-order valence-corrected chi connectivity index (χ4v) is 4.88. The van der Waals surface area contributed by atoms with Crippen molar-refractivity contribution in [1.29, 1.82) is 5.26 Å². The molecule has 3 nitrogen and oxygen atoms in total. The van der Waals surface area contributed by atoms with Gasteiger partial charge in [0.2, 0.25) is 0 Å². The van der Waals surface area contributed by atoms with E-state index in [-0.39, 0.29) is 5.92 Å². The normalized spacial score (nSPS) is 15.6. The molecule has 0 aromatic heterocycles. The molecule has 0 unspecified atom stereocenters. The van der Waals surface area contributed by atoms with Crippen LogP contribution in [0.15, 0.2) is 77.7 Å². The Morgan fingerprint density at radius 1 is 0.929 bits per heavy atom. The largest absolute Gasteiger partial charge is 0.593 e. The Morgan fingerprint density at radius 2 is 1.46 bits per heavy atom. The summed E-state index contributed by atoms with van der Waals surface area (Å²) in [5.41, 5.74) is 5.92. The summed E-state index contributed by atoms with van der Waals surface area (Å²) in [6.07, 6.45) is 1.89. The van der Waals surface area contributed by atoms with Gasteiger partial charge in [0, 0.05) is 5.92 Å². The van der Waals surface area contributed by atoms with Crippen LogP contribution >= 0.6 is 0 Å². The van der Waals surface area contributed by atoms with Crippen LogP contribution in [0.4, 0.5) is 0 Å². The monoisotopic (exact) mass is 386 g/mol. The summed E-state index contributed by atoms with van der Waals surface area (Å²) >= 11 is -1.46. The first-order valence-corrected chi connectivity index (χ1v) is 10.6. The Balaban J connectivity index is 1.73. The second kappa shape index (κ2) is 8.20. The maximum Gasteiger partial charge on any atom is 0.173 e. The van der Waals surface area contributed by atoms with Crippen molar-refractivity contribution in [3.63, 3.8) is 0 Å².